The van der Waals surface area contributed by atoms with E-state index in [0.717, 1.165) is 25.0 Å². The summed E-state index contributed by atoms with van der Waals surface area (Å²) in [5.74, 6) is 0.451. The molecule has 0 radical (unpaired) electrons. The monoisotopic (exact) mass is 450 g/mol. The third-order valence-electron chi connectivity index (χ3n) is 6.25. The summed E-state index contributed by atoms with van der Waals surface area (Å²) in [6.45, 7) is 2.51. The van der Waals surface area contributed by atoms with E-state index < -0.39 is 11.9 Å². The molecule has 170 valence electrons. The number of thioether (sulfide) groups is 1. The predicted molar refractivity (Wildman–Crippen MR) is 116 cm³/mol. The Kier molecular flexibility index (Phi) is 8.00. The number of hydrogen-bond acceptors (Lipinski definition) is 6. The fourth-order valence-corrected chi connectivity index (χ4v) is 4.81. The molecule has 2 aliphatic heterocycles. The van der Waals surface area contributed by atoms with Gasteiger partial charge in [-0.15, -0.1) is 0 Å². The highest BCUT2D eigenvalue weighted by atomic mass is 32.2. The summed E-state index contributed by atoms with van der Waals surface area (Å²) in [6.07, 6.45) is 7.17. The smallest absolute Gasteiger partial charge is 0.287 e. The first kappa shape index (κ1) is 23.2. The van der Waals surface area contributed by atoms with Crippen LogP contribution < -0.4 is 10.6 Å². The van der Waals surface area contributed by atoms with Crippen LogP contribution in [0.1, 0.15) is 36.2 Å². The van der Waals surface area contributed by atoms with Crippen molar-refractivity contribution >= 4 is 35.9 Å². The van der Waals surface area contributed by atoms with Gasteiger partial charge in [-0.2, -0.15) is 11.8 Å². The van der Waals surface area contributed by atoms with Crippen LogP contribution in [0.2, 0.25) is 0 Å². The minimum atomic E-state index is -0.473. The van der Waals surface area contributed by atoms with Crippen molar-refractivity contribution in [3.63, 3.8) is 0 Å². The Morgan fingerprint density at radius 3 is 2.55 bits per heavy atom. The Hall–Kier alpha value is -2.49. The number of carbonyl (C=O) groups is 4. The molecule has 31 heavy (non-hydrogen) atoms. The first-order valence-corrected chi connectivity index (χ1v) is 11.9. The number of amides is 4. The van der Waals surface area contributed by atoms with E-state index in [2.05, 4.69) is 10.6 Å². The maximum absolute atomic E-state index is 12.9. The standard InChI is InChI=1S/C21H30N4O5S/c1-31-12-4-16(23-15-26)20(29)25-10-7-21(14-25)5-8-24(9-6-21)18(27)13-22-19(28)17-3-2-11-30-17/h2-3,11,15-16H,4-10,12-14H2,1H3,(H,22,28)(H,23,26). The van der Waals surface area contributed by atoms with Gasteiger partial charge in [-0.3, -0.25) is 19.2 Å². The minimum Gasteiger partial charge on any atom is -0.459 e. The summed E-state index contributed by atoms with van der Waals surface area (Å²) in [5, 5.41) is 5.25. The quantitative estimate of drug-likeness (QED) is 0.536. The minimum absolute atomic E-state index is 0.0165. The molecule has 1 unspecified atom stereocenters. The van der Waals surface area contributed by atoms with Crippen molar-refractivity contribution in [2.24, 2.45) is 5.41 Å². The lowest BCUT2D eigenvalue weighted by molar-refractivity contribution is -0.135. The number of nitrogens with one attached hydrogen (secondary N) is 2. The maximum Gasteiger partial charge on any atom is 0.287 e. The van der Waals surface area contributed by atoms with Crippen LogP contribution in [-0.4, -0.2) is 84.7 Å². The number of hydrogen-bond donors (Lipinski definition) is 2. The van der Waals surface area contributed by atoms with Gasteiger partial charge < -0.3 is 24.9 Å². The summed E-state index contributed by atoms with van der Waals surface area (Å²) in [7, 11) is 0. The van der Waals surface area contributed by atoms with Crippen molar-refractivity contribution in [2.45, 2.75) is 31.7 Å². The third-order valence-corrected chi connectivity index (χ3v) is 6.89. The van der Waals surface area contributed by atoms with Crippen LogP contribution in [0, 0.1) is 5.41 Å². The largest absolute Gasteiger partial charge is 0.459 e. The van der Waals surface area contributed by atoms with E-state index in [-0.39, 0.29) is 29.5 Å². The molecule has 0 aromatic carbocycles. The average molecular weight is 451 g/mol. The molecule has 2 N–H and O–H groups in total. The van der Waals surface area contributed by atoms with Gasteiger partial charge in [0, 0.05) is 26.2 Å². The van der Waals surface area contributed by atoms with Crippen molar-refractivity contribution in [3.05, 3.63) is 24.2 Å². The Balaban J connectivity index is 1.46. The molecule has 1 spiro atoms. The van der Waals surface area contributed by atoms with E-state index in [0.29, 0.717) is 39.0 Å². The van der Waals surface area contributed by atoms with Crippen LogP contribution in [0.5, 0.6) is 0 Å². The molecule has 0 bridgehead atoms. The van der Waals surface area contributed by atoms with Gasteiger partial charge in [-0.1, -0.05) is 0 Å². The van der Waals surface area contributed by atoms with Gasteiger partial charge in [-0.25, -0.2) is 0 Å². The van der Waals surface area contributed by atoms with Crippen LogP contribution in [0.25, 0.3) is 0 Å². The van der Waals surface area contributed by atoms with E-state index in [9.17, 15) is 19.2 Å². The Bertz CT molecular complexity index is 777. The van der Waals surface area contributed by atoms with E-state index in [1.807, 2.05) is 11.2 Å². The Labute approximate surface area is 186 Å². The topological polar surface area (TPSA) is 112 Å². The number of furan rings is 1. The van der Waals surface area contributed by atoms with Gasteiger partial charge >= 0.3 is 0 Å². The van der Waals surface area contributed by atoms with Crippen molar-refractivity contribution < 1.29 is 23.6 Å². The lowest BCUT2D eigenvalue weighted by Crippen LogP contribution is -2.49. The number of likely N-dealkylation sites (tertiary alicyclic amines) is 2. The second-order valence-electron chi connectivity index (χ2n) is 8.17. The normalized spacial score (nSPS) is 18.6. The second-order valence-corrected chi connectivity index (χ2v) is 9.15. The zero-order chi connectivity index (χ0) is 22.3. The SMILES string of the molecule is CSCCC(NC=O)C(=O)N1CCC2(CCN(C(=O)CNC(=O)c3ccco3)CC2)C1. The molecule has 0 saturated carbocycles. The lowest BCUT2D eigenvalue weighted by Gasteiger charge is -2.39. The van der Waals surface area contributed by atoms with Crippen LogP contribution in [-0.2, 0) is 14.4 Å². The van der Waals surface area contributed by atoms with Crippen LogP contribution in [0.15, 0.2) is 22.8 Å². The molecule has 3 rings (SSSR count). The summed E-state index contributed by atoms with van der Waals surface area (Å²) < 4.78 is 5.03. The van der Waals surface area contributed by atoms with Gasteiger partial charge in [0.1, 0.15) is 6.04 Å². The molecule has 3 heterocycles. The van der Waals surface area contributed by atoms with Gasteiger partial charge in [0.2, 0.25) is 18.2 Å². The van der Waals surface area contributed by atoms with Crippen molar-refractivity contribution in [2.75, 3.05) is 44.7 Å². The van der Waals surface area contributed by atoms with Crippen LogP contribution in [0.4, 0.5) is 0 Å². The zero-order valence-electron chi connectivity index (χ0n) is 17.8. The van der Waals surface area contributed by atoms with Crippen LogP contribution in [0.3, 0.4) is 0 Å². The molecule has 1 atom stereocenters. The summed E-state index contributed by atoms with van der Waals surface area (Å²) >= 11 is 1.65. The first-order valence-electron chi connectivity index (χ1n) is 10.5. The van der Waals surface area contributed by atoms with E-state index in [1.54, 1.807) is 28.8 Å². The third kappa shape index (κ3) is 5.81. The maximum atomic E-state index is 12.9. The molecule has 10 heteroatoms. The van der Waals surface area contributed by atoms with Crippen molar-refractivity contribution in [1.82, 2.24) is 20.4 Å². The van der Waals surface area contributed by atoms with Crippen LogP contribution >= 0.6 is 11.8 Å². The van der Waals surface area contributed by atoms with Gasteiger partial charge in [0.05, 0.1) is 12.8 Å². The summed E-state index contributed by atoms with van der Waals surface area (Å²) in [4.78, 5) is 51.8. The highest BCUT2D eigenvalue weighted by Gasteiger charge is 2.43. The van der Waals surface area contributed by atoms with E-state index >= 15 is 0 Å². The van der Waals surface area contributed by atoms with Gasteiger partial charge in [0.25, 0.3) is 5.91 Å². The van der Waals surface area contributed by atoms with Gasteiger partial charge in [0.15, 0.2) is 5.76 Å². The molecular weight excluding hydrogens is 420 g/mol. The molecule has 1 aromatic heterocycles. The predicted octanol–water partition coefficient (Wildman–Crippen LogP) is 0.718. The Morgan fingerprint density at radius 1 is 1.23 bits per heavy atom. The lowest BCUT2D eigenvalue weighted by atomic mass is 9.78. The number of carbonyl (C=O) groups excluding carboxylic acids is 4. The Morgan fingerprint density at radius 2 is 1.94 bits per heavy atom. The molecule has 4 amide bonds. The zero-order valence-corrected chi connectivity index (χ0v) is 18.6. The molecule has 1 aromatic rings. The highest BCUT2D eigenvalue weighted by molar-refractivity contribution is 7.98. The second kappa shape index (κ2) is 10.7. The number of piperidine rings is 1. The molecule has 2 aliphatic rings. The molecule has 0 aliphatic carbocycles. The van der Waals surface area contributed by atoms with Gasteiger partial charge in [-0.05, 0) is 55.2 Å². The van der Waals surface area contributed by atoms with Crippen molar-refractivity contribution in [1.29, 1.82) is 0 Å². The summed E-state index contributed by atoms with van der Waals surface area (Å²) in [6, 6.07) is 2.70. The molecule has 2 saturated heterocycles. The fourth-order valence-electron chi connectivity index (χ4n) is 4.34. The highest BCUT2D eigenvalue weighted by Crippen LogP contribution is 2.40. The van der Waals surface area contributed by atoms with E-state index in [4.69, 9.17) is 4.42 Å². The molecule has 2 fully saturated rings. The van der Waals surface area contributed by atoms with E-state index in [1.165, 1.54) is 6.26 Å². The molecule has 9 nitrogen and oxygen atoms in total. The number of rotatable bonds is 9. The molecular formula is C21H30N4O5S. The fraction of sp³-hybridized carbons (Fsp3) is 0.619. The first-order chi connectivity index (χ1) is 15.0. The average Bonchev–Trinajstić information content (AvgIpc) is 3.46. The van der Waals surface area contributed by atoms with Crippen molar-refractivity contribution in [3.8, 4) is 0 Å². The summed E-state index contributed by atoms with van der Waals surface area (Å²) in [5.41, 5.74) is 0.0229. The number of nitrogens with zero attached hydrogens (tertiary/aromatic N) is 2.